The number of rotatable bonds is 4. The maximum absolute atomic E-state index is 14.4. The number of ether oxygens (including phenoxy) is 1. The highest BCUT2D eigenvalue weighted by molar-refractivity contribution is 5.48. The number of para-hydroxylation sites is 1. The number of nitrogens with zero attached hydrogens (tertiary/aromatic N) is 1. The molecule has 0 aromatic heterocycles. The quantitative estimate of drug-likeness (QED) is 0.706. The summed E-state index contributed by atoms with van der Waals surface area (Å²) in [5, 5.41) is 1.79. The predicted octanol–water partition coefficient (Wildman–Crippen LogP) is 5.28. The second-order valence-electron chi connectivity index (χ2n) is 6.88. The molecule has 1 saturated carbocycles. The Morgan fingerprint density at radius 1 is 1.00 bits per heavy atom. The van der Waals surface area contributed by atoms with Crippen LogP contribution >= 0.6 is 0 Å². The summed E-state index contributed by atoms with van der Waals surface area (Å²) in [6, 6.07) is 13.0. The van der Waals surface area contributed by atoms with Gasteiger partial charge in [0, 0.05) is 0 Å². The van der Waals surface area contributed by atoms with Crippen LogP contribution in [0.5, 0.6) is 11.5 Å². The van der Waals surface area contributed by atoms with E-state index in [4.69, 9.17) is 9.57 Å². The molecule has 0 spiro atoms. The summed E-state index contributed by atoms with van der Waals surface area (Å²) in [4.78, 5) is 6.22. The minimum atomic E-state index is -0.241. The molecule has 1 fully saturated rings. The lowest BCUT2D eigenvalue weighted by Crippen LogP contribution is -2.40. The van der Waals surface area contributed by atoms with E-state index >= 15 is 0 Å². The molecule has 1 aliphatic carbocycles. The number of anilines is 1. The van der Waals surface area contributed by atoms with E-state index in [1.165, 1.54) is 18.1 Å². The van der Waals surface area contributed by atoms with E-state index < -0.39 is 0 Å². The van der Waals surface area contributed by atoms with Crippen molar-refractivity contribution in [1.82, 2.24) is 0 Å². The number of halogens is 1. The van der Waals surface area contributed by atoms with E-state index in [9.17, 15) is 4.39 Å². The van der Waals surface area contributed by atoms with Gasteiger partial charge in [0.15, 0.2) is 5.75 Å². The zero-order valence-electron chi connectivity index (χ0n) is 14.4. The number of fused-ring (bicyclic) bond motifs is 1. The summed E-state index contributed by atoms with van der Waals surface area (Å²) < 4.78 is 20.1. The summed E-state index contributed by atoms with van der Waals surface area (Å²) in [7, 11) is 0. The van der Waals surface area contributed by atoms with Gasteiger partial charge in [-0.3, -0.25) is 0 Å². The number of aryl methyl sites for hydroxylation is 1. The molecule has 1 aliphatic heterocycles. The van der Waals surface area contributed by atoms with Crippen LogP contribution < -0.4 is 14.6 Å². The first kappa shape index (κ1) is 16.2. The van der Waals surface area contributed by atoms with Gasteiger partial charge >= 0.3 is 0 Å². The van der Waals surface area contributed by atoms with Crippen molar-refractivity contribution in [1.29, 1.82) is 0 Å². The molecule has 4 rings (SSSR count). The number of hydroxylamine groups is 1. The molecule has 0 radical (unpaired) electrons. The van der Waals surface area contributed by atoms with Gasteiger partial charge in [0.1, 0.15) is 17.3 Å². The molecule has 0 atom stereocenters. The minimum Gasteiger partial charge on any atom is -0.493 e. The van der Waals surface area contributed by atoms with Gasteiger partial charge in [-0.05, 0) is 61.6 Å². The van der Waals surface area contributed by atoms with Crippen LogP contribution in [0.3, 0.4) is 0 Å². The highest BCUT2D eigenvalue weighted by Gasteiger charge is 2.26. The van der Waals surface area contributed by atoms with E-state index in [0.29, 0.717) is 5.69 Å². The van der Waals surface area contributed by atoms with Crippen molar-refractivity contribution in [2.45, 2.75) is 51.0 Å². The predicted molar refractivity (Wildman–Crippen MR) is 96.6 cm³/mol. The first-order chi connectivity index (χ1) is 12.3. The highest BCUT2D eigenvalue weighted by atomic mass is 19.1. The topological polar surface area (TPSA) is 21.7 Å². The third-order valence-corrected chi connectivity index (χ3v) is 5.08. The number of hydrogen-bond donors (Lipinski definition) is 0. The lowest BCUT2D eigenvalue weighted by Gasteiger charge is -2.35. The SMILES string of the molecule is Fc1ccccc1N(Oc1ccc2c(c1)CCCO2)C1CCCCC1. The minimum absolute atomic E-state index is 0.206. The Balaban J connectivity index is 1.63. The zero-order valence-corrected chi connectivity index (χ0v) is 14.4. The fourth-order valence-electron chi connectivity index (χ4n) is 3.77. The Morgan fingerprint density at radius 2 is 1.84 bits per heavy atom. The summed E-state index contributed by atoms with van der Waals surface area (Å²) in [5.41, 5.74) is 1.68. The largest absolute Gasteiger partial charge is 0.493 e. The van der Waals surface area contributed by atoms with Gasteiger partial charge in [0.05, 0.1) is 12.6 Å². The van der Waals surface area contributed by atoms with Crippen LogP contribution in [0.15, 0.2) is 42.5 Å². The maximum Gasteiger partial charge on any atom is 0.155 e. The monoisotopic (exact) mass is 341 g/mol. The van der Waals surface area contributed by atoms with E-state index in [0.717, 1.165) is 56.6 Å². The number of hydrogen-bond acceptors (Lipinski definition) is 3. The van der Waals surface area contributed by atoms with Gasteiger partial charge in [-0.15, -0.1) is 0 Å². The van der Waals surface area contributed by atoms with Crippen molar-refractivity contribution < 1.29 is 14.0 Å². The van der Waals surface area contributed by atoms with E-state index in [1.54, 1.807) is 17.2 Å². The Kier molecular flexibility index (Phi) is 4.77. The molecule has 0 unspecified atom stereocenters. The lowest BCUT2D eigenvalue weighted by atomic mass is 9.95. The van der Waals surface area contributed by atoms with Gasteiger partial charge in [-0.2, -0.15) is 0 Å². The van der Waals surface area contributed by atoms with Gasteiger partial charge in [0.25, 0.3) is 0 Å². The Hall–Kier alpha value is -2.23. The lowest BCUT2D eigenvalue weighted by molar-refractivity contribution is 0.208. The first-order valence-corrected chi connectivity index (χ1v) is 9.29. The molecule has 2 aromatic carbocycles. The van der Waals surface area contributed by atoms with Crippen molar-refractivity contribution in [2.24, 2.45) is 0 Å². The average molecular weight is 341 g/mol. The van der Waals surface area contributed by atoms with Crippen molar-refractivity contribution in [3.8, 4) is 11.5 Å². The van der Waals surface area contributed by atoms with E-state index in [2.05, 4.69) is 0 Å². The smallest absolute Gasteiger partial charge is 0.155 e. The average Bonchev–Trinajstić information content (AvgIpc) is 2.67. The standard InChI is InChI=1S/C21H24FNO2/c22-19-10-4-5-11-20(19)23(17-8-2-1-3-9-17)25-18-12-13-21-16(15-18)7-6-14-24-21/h4-5,10-13,15,17H,1-3,6-9,14H2. The summed E-state index contributed by atoms with van der Waals surface area (Å²) in [6.07, 6.45) is 7.66. The van der Waals surface area contributed by atoms with Gasteiger partial charge in [0.2, 0.25) is 0 Å². The molecule has 2 aliphatic rings. The van der Waals surface area contributed by atoms with E-state index in [-0.39, 0.29) is 11.9 Å². The highest BCUT2D eigenvalue weighted by Crippen LogP contribution is 2.33. The maximum atomic E-state index is 14.4. The second-order valence-corrected chi connectivity index (χ2v) is 6.88. The summed E-state index contributed by atoms with van der Waals surface area (Å²) in [6.45, 7) is 0.774. The van der Waals surface area contributed by atoms with Crippen LogP contribution in [-0.4, -0.2) is 12.6 Å². The zero-order chi connectivity index (χ0) is 17.1. The van der Waals surface area contributed by atoms with Crippen LogP contribution in [0, 0.1) is 5.82 Å². The molecule has 132 valence electrons. The molecular formula is C21H24FNO2. The molecule has 0 amide bonds. The Labute approximate surface area is 148 Å². The number of benzene rings is 2. The van der Waals surface area contributed by atoms with Gasteiger partial charge < -0.3 is 9.57 Å². The molecule has 2 aromatic rings. The van der Waals surface area contributed by atoms with Crippen LogP contribution in [0.2, 0.25) is 0 Å². The van der Waals surface area contributed by atoms with Crippen LogP contribution in [0.25, 0.3) is 0 Å². The third-order valence-electron chi connectivity index (χ3n) is 5.08. The Bertz CT molecular complexity index is 728. The summed E-state index contributed by atoms with van der Waals surface area (Å²) >= 11 is 0. The van der Waals surface area contributed by atoms with Crippen molar-refractivity contribution >= 4 is 5.69 Å². The van der Waals surface area contributed by atoms with E-state index in [1.807, 2.05) is 24.3 Å². The van der Waals surface area contributed by atoms with Crippen LogP contribution in [0.4, 0.5) is 10.1 Å². The molecule has 25 heavy (non-hydrogen) atoms. The molecule has 0 N–H and O–H groups in total. The van der Waals surface area contributed by atoms with Crippen molar-refractivity contribution in [3.05, 3.63) is 53.8 Å². The van der Waals surface area contributed by atoms with Crippen LogP contribution in [0.1, 0.15) is 44.1 Å². The fraction of sp³-hybridized carbons (Fsp3) is 0.429. The molecule has 0 saturated heterocycles. The third kappa shape index (κ3) is 3.58. The first-order valence-electron chi connectivity index (χ1n) is 9.29. The molecule has 3 nitrogen and oxygen atoms in total. The van der Waals surface area contributed by atoms with Gasteiger partial charge in [-0.25, -0.2) is 9.45 Å². The molecule has 4 heteroatoms. The molecule has 0 bridgehead atoms. The summed E-state index contributed by atoms with van der Waals surface area (Å²) in [5.74, 6) is 1.45. The van der Waals surface area contributed by atoms with Crippen molar-refractivity contribution in [2.75, 3.05) is 11.7 Å². The molecular weight excluding hydrogens is 317 g/mol. The van der Waals surface area contributed by atoms with Crippen LogP contribution in [-0.2, 0) is 6.42 Å². The normalized spacial score (nSPS) is 17.5. The second kappa shape index (κ2) is 7.34. The molecule has 1 heterocycles. The van der Waals surface area contributed by atoms with Crippen molar-refractivity contribution in [3.63, 3.8) is 0 Å². The Morgan fingerprint density at radius 3 is 2.68 bits per heavy atom. The fourth-order valence-corrected chi connectivity index (χ4v) is 3.77. The van der Waals surface area contributed by atoms with Gasteiger partial charge in [-0.1, -0.05) is 31.4 Å².